The Morgan fingerprint density at radius 1 is 0.692 bits per heavy atom. The summed E-state index contributed by atoms with van der Waals surface area (Å²) in [6.07, 6.45) is 16.0. The van der Waals surface area contributed by atoms with E-state index in [1.165, 1.54) is 82.7 Å². The summed E-state index contributed by atoms with van der Waals surface area (Å²) < 4.78 is 0. The van der Waals surface area contributed by atoms with E-state index in [4.69, 9.17) is 0 Å². The van der Waals surface area contributed by atoms with Crippen LogP contribution < -0.4 is 4.90 Å². The SMILES string of the molecule is CC.CCCCCCCCN(CCCCCCCC)c1cccc(O)c1. The number of phenols is 1. The van der Waals surface area contributed by atoms with Crippen molar-refractivity contribution in [2.75, 3.05) is 18.0 Å². The van der Waals surface area contributed by atoms with Gasteiger partial charge in [0, 0.05) is 24.8 Å². The van der Waals surface area contributed by atoms with E-state index in [-0.39, 0.29) is 0 Å². The third-order valence-electron chi connectivity index (χ3n) is 4.76. The van der Waals surface area contributed by atoms with Gasteiger partial charge in [0.1, 0.15) is 5.75 Å². The molecule has 1 aromatic carbocycles. The van der Waals surface area contributed by atoms with E-state index in [0.29, 0.717) is 5.75 Å². The fourth-order valence-electron chi connectivity index (χ4n) is 3.23. The van der Waals surface area contributed by atoms with Crippen molar-refractivity contribution in [2.45, 2.75) is 105 Å². The second-order valence-electron chi connectivity index (χ2n) is 7.04. The maximum atomic E-state index is 9.77. The van der Waals surface area contributed by atoms with Crippen molar-refractivity contribution >= 4 is 5.69 Å². The molecule has 0 spiro atoms. The molecule has 152 valence electrons. The molecule has 0 aliphatic carbocycles. The number of unbranched alkanes of at least 4 members (excludes halogenated alkanes) is 10. The van der Waals surface area contributed by atoms with Gasteiger partial charge >= 0.3 is 0 Å². The van der Waals surface area contributed by atoms with Crippen molar-refractivity contribution in [3.05, 3.63) is 24.3 Å². The van der Waals surface area contributed by atoms with Crippen LogP contribution >= 0.6 is 0 Å². The first-order valence-corrected chi connectivity index (χ1v) is 11.3. The van der Waals surface area contributed by atoms with Crippen LogP contribution in [0.25, 0.3) is 0 Å². The predicted octanol–water partition coefficient (Wildman–Crippen LogP) is 7.95. The number of anilines is 1. The largest absolute Gasteiger partial charge is 0.508 e. The van der Waals surface area contributed by atoms with Gasteiger partial charge in [-0.3, -0.25) is 0 Å². The van der Waals surface area contributed by atoms with Crippen LogP contribution in [-0.4, -0.2) is 18.2 Å². The number of phenolic OH excluding ortho intramolecular Hbond substituents is 1. The predicted molar refractivity (Wildman–Crippen MR) is 118 cm³/mol. The molecular formula is C24H45NO. The quantitative estimate of drug-likeness (QED) is 0.320. The van der Waals surface area contributed by atoms with Crippen molar-refractivity contribution in [3.8, 4) is 5.75 Å². The van der Waals surface area contributed by atoms with Crippen molar-refractivity contribution in [1.82, 2.24) is 0 Å². The maximum absolute atomic E-state index is 9.77. The number of benzene rings is 1. The molecule has 1 N–H and O–H groups in total. The van der Waals surface area contributed by atoms with Gasteiger partial charge in [-0.1, -0.05) is 98.0 Å². The zero-order chi connectivity index (χ0) is 19.5. The summed E-state index contributed by atoms with van der Waals surface area (Å²) in [4.78, 5) is 2.47. The summed E-state index contributed by atoms with van der Waals surface area (Å²) in [5.74, 6) is 0.378. The summed E-state index contributed by atoms with van der Waals surface area (Å²) in [6.45, 7) is 10.8. The van der Waals surface area contributed by atoms with Gasteiger partial charge in [-0.15, -0.1) is 0 Å². The summed E-state index contributed by atoms with van der Waals surface area (Å²) in [7, 11) is 0. The average Bonchev–Trinajstić information content (AvgIpc) is 2.67. The molecule has 2 heteroatoms. The van der Waals surface area contributed by atoms with E-state index in [1.807, 2.05) is 26.0 Å². The smallest absolute Gasteiger partial charge is 0.117 e. The molecule has 26 heavy (non-hydrogen) atoms. The molecule has 0 aliphatic rings. The van der Waals surface area contributed by atoms with Gasteiger partial charge in [-0.05, 0) is 25.0 Å². The van der Waals surface area contributed by atoms with Crippen LogP contribution in [0.1, 0.15) is 105 Å². The second kappa shape index (κ2) is 18.6. The summed E-state index contributed by atoms with van der Waals surface area (Å²) >= 11 is 0. The molecule has 0 saturated carbocycles. The second-order valence-corrected chi connectivity index (χ2v) is 7.04. The van der Waals surface area contributed by atoms with Crippen LogP contribution in [0.3, 0.4) is 0 Å². The van der Waals surface area contributed by atoms with Crippen LogP contribution in [0.2, 0.25) is 0 Å². The number of rotatable bonds is 15. The van der Waals surface area contributed by atoms with E-state index in [9.17, 15) is 5.11 Å². The van der Waals surface area contributed by atoms with Gasteiger partial charge in [0.25, 0.3) is 0 Å². The van der Waals surface area contributed by atoms with Crippen molar-refractivity contribution < 1.29 is 5.11 Å². The third-order valence-corrected chi connectivity index (χ3v) is 4.76. The molecule has 0 atom stereocenters. The monoisotopic (exact) mass is 363 g/mol. The lowest BCUT2D eigenvalue weighted by Crippen LogP contribution is -2.25. The molecule has 0 aromatic heterocycles. The lowest BCUT2D eigenvalue weighted by molar-refractivity contribution is 0.475. The Labute approximate surface area is 164 Å². The zero-order valence-corrected chi connectivity index (χ0v) is 18.1. The standard InChI is InChI=1S/C22H39NO.C2H6/c1-3-5-7-9-11-13-18-23(19-14-12-10-8-6-4-2)21-16-15-17-22(24)20-21;1-2/h15-17,20,24H,3-14,18-19H2,1-2H3;1-2H3. The van der Waals surface area contributed by atoms with E-state index < -0.39 is 0 Å². The maximum Gasteiger partial charge on any atom is 0.117 e. The fraction of sp³-hybridized carbons (Fsp3) is 0.750. The molecule has 1 aromatic rings. The lowest BCUT2D eigenvalue weighted by Gasteiger charge is -2.25. The third kappa shape index (κ3) is 13.1. The first-order chi connectivity index (χ1) is 12.8. The summed E-state index contributed by atoms with van der Waals surface area (Å²) in [5, 5.41) is 9.77. The highest BCUT2D eigenvalue weighted by atomic mass is 16.3. The minimum atomic E-state index is 0.378. The van der Waals surface area contributed by atoms with E-state index in [2.05, 4.69) is 24.8 Å². The highest BCUT2D eigenvalue weighted by Crippen LogP contribution is 2.21. The van der Waals surface area contributed by atoms with Gasteiger partial charge < -0.3 is 10.0 Å². The van der Waals surface area contributed by atoms with Gasteiger partial charge in [-0.25, -0.2) is 0 Å². The van der Waals surface area contributed by atoms with E-state index in [0.717, 1.165) is 13.1 Å². The Balaban J connectivity index is 0.00000301. The highest BCUT2D eigenvalue weighted by Gasteiger charge is 2.07. The molecule has 2 nitrogen and oxygen atoms in total. The highest BCUT2D eigenvalue weighted by molar-refractivity contribution is 5.50. The first kappa shape index (κ1) is 24.8. The zero-order valence-electron chi connectivity index (χ0n) is 18.1. The van der Waals surface area contributed by atoms with Crippen LogP contribution in [0.4, 0.5) is 5.69 Å². The molecule has 0 heterocycles. The van der Waals surface area contributed by atoms with Gasteiger partial charge in [0.15, 0.2) is 0 Å². The normalized spacial score (nSPS) is 10.3. The molecule has 0 aliphatic heterocycles. The van der Waals surface area contributed by atoms with Crippen molar-refractivity contribution in [2.24, 2.45) is 0 Å². The van der Waals surface area contributed by atoms with Crippen LogP contribution in [0, 0.1) is 0 Å². The topological polar surface area (TPSA) is 23.5 Å². The molecule has 1 rings (SSSR count). The number of hydrogen-bond donors (Lipinski definition) is 1. The molecule has 0 bridgehead atoms. The molecule has 0 fully saturated rings. The van der Waals surface area contributed by atoms with Gasteiger partial charge in [-0.2, -0.15) is 0 Å². The molecule has 0 amide bonds. The fourth-order valence-corrected chi connectivity index (χ4v) is 3.23. The van der Waals surface area contributed by atoms with Gasteiger partial charge in [0.2, 0.25) is 0 Å². The Hall–Kier alpha value is -1.18. The van der Waals surface area contributed by atoms with E-state index in [1.54, 1.807) is 6.07 Å². The minimum absolute atomic E-state index is 0.378. The van der Waals surface area contributed by atoms with E-state index >= 15 is 0 Å². The minimum Gasteiger partial charge on any atom is -0.508 e. The van der Waals surface area contributed by atoms with Crippen LogP contribution in [0.5, 0.6) is 5.75 Å². The Morgan fingerprint density at radius 2 is 1.15 bits per heavy atom. The Bertz CT molecular complexity index is 389. The van der Waals surface area contributed by atoms with Crippen LogP contribution in [-0.2, 0) is 0 Å². The molecular weight excluding hydrogens is 318 g/mol. The Morgan fingerprint density at radius 3 is 1.62 bits per heavy atom. The Kier molecular flexibility index (Phi) is 17.8. The number of nitrogens with zero attached hydrogens (tertiary/aromatic N) is 1. The summed E-state index contributed by atoms with van der Waals surface area (Å²) in [6, 6.07) is 7.76. The van der Waals surface area contributed by atoms with Crippen molar-refractivity contribution in [1.29, 1.82) is 0 Å². The average molecular weight is 364 g/mol. The van der Waals surface area contributed by atoms with Gasteiger partial charge in [0.05, 0.1) is 0 Å². The van der Waals surface area contributed by atoms with Crippen LogP contribution in [0.15, 0.2) is 24.3 Å². The first-order valence-electron chi connectivity index (χ1n) is 11.3. The molecule has 0 radical (unpaired) electrons. The number of hydrogen-bond acceptors (Lipinski definition) is 2. The molecule has 0 unspecified atom stereocenters. The molecule has 0 saturated heterocycles. The number of aromatic hydroxyl groups is 1. The lowest BCUT2D eigenvalue weighted by atomic mass is 10.1. The summed E-state index contributed by atoms with van der Waals surface area (Å²) in [5.41, 5.74) is 1.18. The van der Waals surface area contributed by atoms with Crippen molar-refractivity contribution in [3.63, 3.8) is 0 Å².